The zero-order valence-corrected chi connectivity index (χ0v) is 9.92. The number of nitrogens with zero attached hydrogens (tertiary/aromatic N) is 2. The smallest absolute Gasteiger partial charge is 0.179 e. The monoisotopic (exact) mass is 262 g/mol. The second kappa shape index (κ2) is 4.40. The Balaban J connectivity index is 2.54. The first kappa shape index (κ1) is 10.1. The van der Waals surface area contributed by atoms with Crippen LogP contribution in [0, 0.1) is 0 Å². The third-order valence-electron chi connectivity index (χ3n) is 1.48. The van der Waals surface area contributed by atoms with Crippen LogP contribution in [0.3, 0.4) is 0 Å². The highest BCUT2D eigenvalue weighted by atomic mass is 35.5. The van der Waals surface area contributed by atoms with Crippen LogP contribution in [0.15, 0.2) is 29.3 Å². The van der Waals surface area contributed by atoms with Gasteiger partial charge in [-0.15, -0.1) is 0 Å². The molecule has 1 aromatic carbocycles. The number of hydrogen-bond acceptors (Lipinski definition) is 4. The Morgan fingerprint density at radius 1 is 1.21 bits per heavy atom. The minimum Gasteiger partial charge on any atom is -0.232 e. The van der Waals surface area contributed by atoms with Gasteiger partial charge in [-0.3, -0.25) is 0 Å². The minimum absolute atomic E-state index is 0.430. The molecule has 14 heavy (non-hydrogen) atoms. The van der Waals surface area contributed by atoms with Gasteiger partial charge < -0.3 is 0 Å². The molecule has 0 spiro atoms. The molecule has 0 atom stereocenters. The molecule has 2 aromatic rings. The summed E-state index contributed by atoms with van der Waals surface area (Å²) in [7, 11) is 2.74. The summed E-state index contributed by atoms with van der Waals surface area (Å²) in [6.45, 7) is 0. The molecule has 0 bridgehead atoms. The van der Waals surface area contributed by atoms with Crippen molar-refractivity contribution in [3.8, 4) is 0 Å². The zero-order chi connectivity index (χ0) is 9.97. The maximum absolute atomic E-state index is 5.94. The summed E-state index contributed by atoms with van der Waals surface area (Å²) < 4.78 is 4.63. The van der Waals surface area contributed by atoms with Gasteiger partial charge >= 0.3 is 0 Å². The van der Waals surface area contributed by atoms with E-state index in [-0.39, 0.29) is 0 Å². The Morgan fingerprint density at radius 3 is 2.64 bits per heavy atom. The SMILES string of the molecule is Clc1ccccc1/N=c1/ssnc1Cl. The number of hydrogen-bond donors (Lipinski definition) is 0. The summed E-state index contributed by atoms with van der Waals surface area (Å²) in [4.78, 5) is 4.30. The average Bonchev–Trinajstić information content (AvgIpc) is 2.56. The topological polar surface area (TPSA) is 25.2 Å². The second-order valence-electron chi connectivity index (χ2n) is 2.41. The van der Waals surface area contributed by atoms with Crippen molar-refractivity contribution in [2.75, 3.05) is 0 Å². The average molecular weight is 263 g/mol. The van der Waals surface area contributed by atoms with Gasteiger partial charge in [0.15, 0.2) is 9.82 Å². The third-order valence-corrected chi connectivity index (χ3v) is 3.97. The standard InChI is InChI=1S/C8H4Cl2N2S2/c9-5-3-1-2-4-6(5)11-8-7(10)12-14-13-8/h1-4H/b11-8+. The number of halogens is 2. The summed E-state index contributed by atoms with van der Waals surface area (Å²) >= 11 is 11.8. The van der Waals surface area contributed by atoms with Crippen molar-refractivity contribution in [2.24, 2.45) is 4.99 Å². The van der Waals surface area contributed by atoms with Gasteiger partial charge in [-0.25, -0.2) is 4.99 Å². The van der Waals surface area contributed by atoms with E-state index in [4.69, 9.17) is 23.2 Å². The van der Waals surface area contributed by atoms with Gasteiger partial charge in [-0.2, -0.15) is 4.37 Å². The molecular formula is C8H4Cl2N2S2. The first-order chi connectivity index (χ1) is 6.77. The van der Waals surface area contributed by atoms with Crippen molar-refractivity contribution in [1.82, 2.24) is 4.37 Å². The molecule has 0 saturated heterocycles. The highest BCUT2D eigenvalue weighted by Gasteiger charge is 1.99. The Hall–Kier alpha value is -0.420. The second-order valence-corrected chi connectivity index (χ2v) is 5.01. The molecule has 1 heterocycles. The fourth-order valence-corrected chi connectivity index (χ4v) is 3.04. The van der Waals surface area contributed by atoms with Crippen LogP contribution in [-0.4, -0.2) is 4.37 Å². The molecule has 6 heteroatoms. The summed E-state index contributed by atoms with van der Waals surface area (Å²) in [5.74, 6) is 0. The van der Waals surface area contributed by atoms with Crippen molar-refractivity contribution >= 4 is 49.8 Å². The Morgan fingerprint density at radius 2 is 2.00 bits per heavy atom. The lowest BCUT2D eigenvalue weighted by molar-refractivity contribution is 1.37. The molecule has 2 rings (SSSR count). The Labute approximate surface area is 98.0 Å². The van der Waals surface area contributed by atoms with E-state index in [1.54, 1.807) is 6.07 Å². The maximum atomic E-state index is 5.94. The highest BCUT2D eigenvalue weighted by molar-refractivity contribution is 7.66. The van der Waals surface area contributed by atoms with Crippen molar-refractivity contribution in [1.29, 1.82) is 0 Å². The fraction of sp³-hybridized carbons (Fsp3) is 0. The normalized spacial score (nSPS) is 12.0. The molecule has 0 saturated carbocycles. The number of para-hydroxylation sites is 1. The summed E-state index contributed by atoms with van der Waals surface area (Å²) in [5.41, 5.74) is 0.715. The maximum Gasteiger partial charge on any atom is 0.179 e. The van der Waals surface area contributed by atoms with Crippen molar-refractivity contribution in [3.63, 3.8) is 0 Å². The molecule has 2 nitrogen and oxygen atoms in total. The Bertz CT molecular complexity index is 504. The van der Waals surface area contributed by atoms with Crippen molar-refractivity contribution in [3.05, 3.63) is 39.1 Å². The van der Waals surface area contributed by atoms with Crippen molar-refractivity contribution in [2.45, 2.75) is 0 Å². The molecule has 0 aliphatic heterocycles. The van der Waals surface area contributed by atoms with Crippen LogP contribution in [-0.2, 0) is 0 Å². The van der Waals surface area contributed by atoms with Gasteiger partial charge in [0.05, 0.1) is 10.7 Å². The van der Waals surface area contributed by atoms with Crippen LogP contribution < -0.4 is 4.67 Å². The number of rotatable bonds is 1. The Kier molecular flexibility index (Phi) is 3.18. The summed E-state index contributed by atoms with van der Waals surface area (Å²) in [5, 5.41) is 1.04. The number of benzene rings is 1. The predicted molar refractivity (Wildman–Crippen MR) is 61.7 cm³/mol. The molecule has 0 aliphatic rings. The largest absolute Gasteiger partial charge is 0.232 e. The molecule has 72 valence electrons. The van der Waals surface area contributed by atoms with E-state index in [2.05, 4.69) is 9.37 Å². The van der Waals surface area contributed by atoms with E-state index in [0.29, 0.717) is 20.5 Å². The first-order valence-electron chi connectivity index (χ1n) is 3.68. The molecule has 0 fully saturated rings. The lowest BCUT2D eigenvalue weighted by Gasteiger charge is -1.93. The van der Waals surface area contributed by atoms with E-state index >= 15 is 0 Å². The number of aromatic nitrogens is 1. The van der Waals surface area contributed by atoms with Crippen LogP contribution in [0.25, 0.3) is 0 Å². The fourth-order valence-electron chi connectivity index (χ4n) is 0.877. The van der Waals surface area contributed by atoms with Crippen LogP contribution >= 0.6 is 44.1 Å². The van der Waals surface area contributed by atoms with E-state index in [1.807, 2.05) is 18.2 Å². The molecule has 0 aliphatic carbocycles. The highest BCUT2D eigenvalue weighted by Crippen LogP contribution is 2.23. The van der Waals surface area contributed by atoms with Gasteiger partial charge in [-0.05, 0) is 22.5 Å². The van der Waals surface area contributed by atoms with Gasteiger partial charge in [-0.1, -0.05) is 35.3 Å². The predicted octanol–water partition coefficient (Wildman–Crippen LogP) is 3.74. The van der Waals surface area contributed by atoms with Crippen LogP contribution in [0.4, 0.5) is 5.69 Å². The van der Waals surface area contributed by atoms with Crippen molar-refractivity contribution < 1.29 is 0 Å². The first-order valence-corrected chi connectivity index (χ1v) is 6.54. The quantitative estimate of drug-likeness (QED) is 0.719. The lowest BCUT2D eigenvalue weighted by Crippen LogP contribution is -1.92. The van der Waals surface area contributed by atoms with Crippen LogP contribution in [0.1, 0.15) is 0 Å². The summed E-state index contributed by atoms with van der Waals surface area (Å²) in [6, 6.07) is 7.36. The molecule has 1 aromatic heterocycles. The summed E-state index contributed by atoms with van der Waals surface area (Å²) in [6.07, 6.45) is 0. The van der Waals surface area contributed by atoms with Gasteiger partial charge in [0.25, 0.3) is 0 Å². The van der Waals surface area contributed by atoms with Gasteiger partial charge in [0.2, 0.25) is 0 Å². The van der Waals surface area contributed by atoms with E-state index in [0.717, 1.165) is 0 Å². The van der Waals surface area contributed by atoms with Gasteiger partial charge in [0, 0.05) is 10.5 Å². The van der Waals surface area contributed by atoms with Crippen LogP contribution in [0.2, 0.25) is 10.2 Å². The molecule has 0 amide bonds. The zero-order valence-electron chi connectivity index (χ0n) is 6.78. The van der Waals surface area contributed by atoms with E-state index < -0.39 is 0 Å². The minimum atomic E-state index is 0.430. The van der Waals surface area contributed by atoms with E-state index in [9.17, 15) is 0 Å². The van der Waals surface area contributed by atoms with Crippen LogP contribution in [0.5, 0.6) is 0 Å². The lowest BCUT2D eigenvalue weighted by atomic mass is 10.3. The van der Waals surface area contributed by atoms with E-state index in [1.165, 1.54) is 20.9 Å². The third kappa shape index (κ3) is 2.15. The molecule has 0 N–H and O–H groups in total. The molecule has 0 radical (unpaired) electrons. The molecular weight excluding hydrogens is 259 g/mol. The molecule has 0 unspecified atom stereocenters. The van der Waals surface area contributed by atoms with Gasteiger partial charge in [0.1, 0.15) is 0 Å².